The fourth-order valence-electron chi connectivity index (χ4n) is 2.04. The number of hydrogen-bond donors (Lipinski definition) is 1. The summed E-state index contributed by atoms with van der Waals surface area (Å²) in [5.74, 6) is 1.35. The molecule has 1 N–H and O–H groups in total. The molecule has 1 saturated heterocycles. The summed E-state index contributed by atoms with van der Waals surface area (Å²) in [4.78, 5) is 4.22. The molecule has 6 nitrogen and oxygen atoms in total. The monoisotopic (exact) mass is 273 g/mol. The molecule has 1 aliphatic heterocycles. The van der Waals surface area contributed by atoms with Crippen LogP contribution in [0.4, 0.5) is 0 Å². The molecule has 3 unspecified atom stereocenters. The van der Waals surface area contributed by atoms with Crippen molar-refractivity contribution in [2.24, 2.45) is 5.92 Å². The highest BCUT2D eigenvalue weighted by molar-refractivity contribution is 7.90. The smallest absolute Gasteiger partial charge is 0.243 e. The van der Waals surface area contributed by atoms with Crippen LogP contribution in [0.3, 0.4) is 0 Å². The van der Waals surface area contributed by atoms with Crippen LogP contribution in [0.5, 0.6) is 0 Å². The first-order chi connectivity index (χ1) is 8.38. The molecule has 1 fully saturated rings. The Balaban J connectivity index is 2.15. The Hall–Kier alpha value is -0.950. The zero-order chi connectivity index (χ0) is 13.3. The van der Waals surface area contributed by atoms with Crippen LogP contribution >= 0.6 is 0 Å². The fourth-order valence-corrected chi connectivity index (χ4v) is 2.52. The van der Waals surface area contributed by atoms with Crippen molar-refractivity contribution in [1.82, 2.24) is 15.5 Å². The minimum atomic E-state index is -3.19. The molecule has 0 aromatic carbocycles. The van der Waals surface area contributed by atoms with Crippen molar-refractivity contribution in [1.29, 1.82) is 0 Å². The summed E-state index contributed by atoms with van der Waals surface area (Å²) in [5.41, 5.74) is 0. The van der Waals surface area contributed by atoms with Gasteiger partial charge in [0.25, 0.3) is 0 Å². The molecule has 0 amide bonds. The summed E-state index contributed by atoms with van der Waals surface area (Å²) in [6.07, 6.45) is 3.25. The number of aromatic nitrogens is 2. The predicted molar refractivity (Wildman–Crippen MR) is 66.7 cm³/mol. The van der Waals surface area contributed by atoms with Gasteiger partial charge in [-0.2, -0.15) is 4.98 Å². The van der Waals surface area contributed by atoms with Crippen LogP contribution in [-0.4, -0.2) is 31.4 Å². The average molecular weight is 273 g/mol. The van der Waals surface area contributed by atoms with E-state index in [1.165, 1.54) is 6.26 Å². The Bertz CT molecular complexity index is 511. The normalized spacial score (nSPS) is 27.1. The van der Waals surface area contributed by atoms with Crippen LogP contribution < -0.4 is 5.32 Å². The molecule has 0 bridgehead atoms. The quantitative estimate of drug-likeness (QED) is 0.891. The highest BCUT2D eigenvalue weighted by Gasteiger charge is 2.28. The van der Waals surface area contributed by atoms with Crippen molar-refractivity contribution in [3.8, 4) is 0 Å². The van der Waals surface area contributed by atoms with E-state index in [4.69, 9.17) is 4.52 Å². The Kier molecular flexibility index (Phi) is 3.72. The molecule has 7 heteroatoms. The van der Waals surface area contributed by atoms with Crippen molar-refractivity contribution >= 4 is 9.84 Å². The van der Waals surface area contributed by atoms with Crippen molar-refractivity contribution in [2.75, 3.05) is 12.8 Å². The van der Waals surface area contributed by atoms with Gasteiger partial charge in [0.2, 0.25) is 5.89 Å². The summed E-state index contributed by atoms with van der Waals surface area (Å²) < 4.78 is 28.0. The fraction of sp³-hybridized carbons (Fsp3) is 0.818. The van der Waals surface area contributed by atoms with E-state index >= 15 is 0 Å². The summed E-state index contributed by atoms with van der Waals surface area (Å²) >= 11 is 0. The van der Waals surface area contributed by atoms with Crippen molar-refractivity contribution < 1.29 is 12.9 Å². The number of nitrogens with zero attached hydrogens (tertiary/aromatic N) is 2. The largest absolute Gasteiger partial charge is 0.338 e. The Morgan fingerprint density at radius 3 is 2.83 bits per heavy atom. The van der Waals surface area contributed by atoms with Gasteiger partial charge in [-0.25, -0.2) is 8.42 Å². The first-order valence-electron chi connectivity index (χ1n) is 6.13. The SMILES string of the molecule is CC1CCNC(c2nc(C(C)S(C)(=O)=O)no2)C1. The molecule has 18 heavy (non-hydrogen) atoms. The molecule has 0 spiro atoms. The van der Waals surface area contributed by atoms with Gasteiger partial charge in [0.15, 0.2) is 15.7 Å². The van der Waals surface area contributed by atoms with Crippen molar-refractivity contribution in [3.05, 3.63) is 11.7 Å². The van der Waals surface area contributed by atoms with Gasteiger partial charge in [-0.15, -0.1) is 0 Å². The number of hydrogen-bond acceptors (Lipinski definition) is 6. The second-order valence-electron chi connectivity index (χ2n) is 5.10. The Morgan fingerprint density at radius 1 is 1.50 bits per heavy atom. The Labute approximate surface area is 107 Å². The van der Waals surface area contributed by atoms with Gasteiger partial charge >= 0.3 is 0 Å². The van der Waals surface area contributed by atoms with E-state index < -0.39 is 15.1 Å². The van der Waals surface area contributed by atoms with E-state index in [-0.39, 0.29) is 11.9 Å². The molecule has 1 aliphatic rings. The van der Waals surface area contributed by atoms with E-state index in [1.54, 1.807) is 6.92 Å². The van der Waals surface area contributed by atoms with Crippen LogP contribution in [0.15, 0.2) is 4.52 Å². The molecule has 0 saturated carbocycles. The van der Waals surface area contributed by atoms with Gasteiger partial charge in [-0.3, -0.25) is 0 Å². The van der Waals surface area contributed by atoms with E-state index in [2.05, 4.69) is 22.4 Å². The first-order valence-corrected chi connectivity index (χ1v) is 8.09. The number of piperidine rings is 1. The third-order valence-electron chi connectivity index (χ3n) is 3.43. The van der Waals surface area contributed by atoms with Gasteiger partial charge in [0, 0.05) is 6.26 Å². The highest BCUT2D eigenvalue weighted by atomic mass is 32.2. The van der Waals surface area contributed by atoms with Gasteiger partial charge in [-0.05, 0) is 32.2 Å². The lowest BCUT2D eigenvalue weighted by Gasteiger charge is -2.25. The van der Waals surface area contributed by atoms with E-state index in [0.29, 0.717) is 11.8 Å². The second-order valence-corrected chi connectivity index (χ2v) is 7.46. The highest BCUT2D eigenvalue weighted by Crippen LogP contribution is 2.27. The van der Waals surface area contributed by atoms with Crippen LogP contribution in [0.25, 0.3) is 0 Å². The molecule has 2 heterocycles. The molecule has 1 aromatic rings. The molecule has 2 rings (SSSR count). The van der Waals surface area contributed by atoms with Gasteiger partial charge < -0.3 is 9.84 Å². The number of nitrogens with one attached hydrogen (secondary N) is 1. The van der Waals surface area contributed by atoms with Gasteiger partial charge in [0.1, 0.15) is 5.25 Å². The van der Waals surface area contributed by atoms with Crippen molar-refractivity contribution in [2.45, 2.75) is 38.0 Å². The number of rotatable bonds is 3. The van der Waals surface area contributed by atoms with E-state index in [9.17, 15) is 8.42 Å². The van der Waals surface area contributed by atoms with Gasteiger partial charge in [-0.1, -0.05) is 12.1 Å². The topological polar surface area (TPSA) is 85.1 Å². The average Bonchev–Trinajstić information content (AvgIpc) is 2.75. The lowest BCUT2D eigenvalue weighted by atomic mass is 9.94. The maximum Gasteiger partial charge on any atom is 0.243 e. The minimum absolute atomic E-state index is 0.0433. The van der Waals surface area contributed by atoms with Crippen LogP contribution in [0.2, 0.25) is 0 Å². The number of sulfone groups is 1. The molecule has 1 aromatic heterocycles. The minimum Gasteiger partial charge on any atom is -0.338 e. The molecule has 3 atom stereocenters. The maximum absolute atomic E-state index is 11.4. The molecular weight excluding hydrogens is 254 g/mol. The van der Waals surface area contributed by atoms with E-state index in [1.807, 2.05) is 0 Å². The molecular formula is C11H19N3O3S. The summed E-state index contributed by atoms with van der Waals surface area (Å²) in [5, 5.41) is 6.36. The standard InChI is InChI=1S/C11H19N3O3S/c1-7-4-5-12-9(6-7)11-13-10(14-17-11)8(2)18(3,15)16/h7-9,12H,4-6H2,1-3H3. The lowest BCUT2D eigenvalue weighted by molar-refractivity contribution is 0.259. The zero-order valence-corrected chi connectivity index (χ0v) is 11.7. The molecule has 0 radical (unpaired) electrons. The zero-order valence-electron chi connectivity index (χ0n) is 10.9. The lowest BCUT2D eigenvalue weighted by Crippen LogP contribution is -2.31. The van der Waals surface area contributed by atoms with Crippen LogP contribution in [0, 0.1) is 5.92 Å². The predicted octanol–water partition coefficient (Wildman–Crippen LogP) is 1.24. The van der Waals surface area contributed by atoms with Crippen LogP contribution in [0.1, 0.15) is 49.7 Å². The third kappa shape index (κ3) is 2.89. The molecule has 0 aliphatic carbocycles. The third-order valence-corrected chi connectivity index (χ3v) is 4.92. The summed E-state index contributed by atoms with van der Waals surface area (Å²) in [6, 6.07) is 0.0433. The molecule has 102 valence electrons. The van der Waals surface area contributed by atoms with E-state index in [0.717, 1.165) is 19.4 Å². The Morgan fingerprint density at radius 2 is 2.22 bits per heavy atom. The first kappa shape index (κ1) is 13.5. The summed E-state index contributed by atoms with van der Waals surface area (Å²) in [7, 11) is -3.19. The second kappa shape index (κ2) is 4.97. The van der Waals surface area contributed by atoms with Crippen LogP contribution in [-0.2, 0) is 9.84 Å². The van der Waals surface area contributed by atoms with Gasteiger partial charge in [0.05, 0.1) is 6.04 Å². The summed E-state index contributed by atoms with van der Waals surface area (Å²) in [6.45, 7) is 4.68. The maximum atomic E-state index is 11.4. The van der Waals surface area contributed by atoms with Crippen molar-refractivity contribution in [3.63, 3.8) is 0 Å².